The van der Waals surface area contributed by atoms with Crippen molar-refractivity contribution in [2.24, 2.45) is 0 Å². The van der Waals surface area contributed by atoms with Crippen LogP contribution in [-0.2, 0) is 0 Å². The number of ether oxygens (including phenoxy) is 1. The molecular weight excluding hydrogens is 312 g/mol. The summed E-state index contributed by atoms with van der Waals surface area (Å²) in [5.74, 6) is 0.651. The van der Waals surface area contributed by atoms with E-state index < -0.39 is 0 Å². The Kier molecular flexibility index (Phi) is 6.91. The van der Waals surface area contributed by atoms with Crippen molar-refractivity contribution in [1.82, 2.24) is 5.32 Å². The van der Waals surface area contributed by atoms with Gasteiger partial charge in [-0.2, -0.15) is 0 Å². The fourth-order valence-corrected chi connectivity index (χ4v) is 2.17. The first-order valence-electron chi connectivity index (χ1n) is 7.39. The molecule has 3 N–H and O–H groups in total. The van der Waals surface area contributed by atoms with E-state index in [0.717, 1.165) is 11.3 Å². The van der Waals surface area contributed by atoms with Crippen molar-refractivity contribution in [3.63, 3.8) is 0 Å². The molecule has 1 unspecified atom stereocenters. The Morgan fingerprint density at radius 3 is 2.22 bits per heavy atom. The van der Waals surface area contributed by atoms with Gasteiger partial charge >= 0.3 is 0 Å². The number of rotatable bonds is 5. The van der Waals surface area contributed by atoms with E-state index >= 15 is 0 Å². The Bertz CT molecular complexity index is 642. The lowest BCUT2D eigenvalue weighted by molar-refractivity contribution is 0.0941. The van der Waals surface area contributed by atoms with E-state index in [4.69, 9.17) is 10.5 Å². The first-order chi connectivity index (χ1) is 10.5. The molecule has 4 nitrogen and oxygen atoms in total. The van der Waals surface area contributed by atoms with Gasteiger partial charge in [-0.15, -0.1) is 12.4 Å². The summed E-state index contributed by atoms with van der Waals surface area (Å²) in [5.41, 5.74) is 7.81. The predicted molar refractivity (Wildman–Crippen MR) is 96.2 cm³/mol. The number of carbonyl (C=O) groups excluding carboxylic acids is 1. The summed E-state index contributed by atoms with van der Waals surface area (Å²) in [7, 11) is 0. The van der Waals surface area contributed by atoms with E-state index in [9.17, 15) is 4.79 Å². The molecule has 0 aliphatic heterocycles. The van der Waals surface area contributed by atoms with Crippen molar-refractivity contribution >= 4 is 24.0 Å². The molecule has 0 heterocycles. The molecule has 5 heteroatoms. The number of amides is 1. The minimum absolute atomic E-state index is 0. The molecule has 0 bridgehead atoms. The minimum Gasteiger partial charge on any atom is -0.491 e. The number of nitrogens with one attached hydrogen (secondary N) is 1. The van der Waals surface area contributed by atoms with Crippen LogP contribution < -0.4 is 15.8 Å². The molecule has 0 aliphatic carbocycles. The summed E-state index contributed by atoms with van der Waals surface area (Å²) >= 11 is 0. The smallest absolute Gasteiger partial charge is 0.253 e. The van der Waals surface area contributed by atoms with E-state index in [-0.39, 0.29) is 30.5 Å². The normalized spacial score (nSPS) is 11.5. The number of hydrogen-bond acceptors (Lipinski definition) is 3. The van der Waals surface area contributed by atoms with Crippen LogP contribution in [0.1, 0.15) is 42.7 Å². The zero-order chi connectivity index (χ0) is 16.1. The van der Waals surface area contributed by atoms with Crippen molar-refractivity contribution < 1.29 is 9.53 Å². The average molecular weight is 335 g/mol. The van der Waals surface area contributed by atoms with Gasteiger partial charge in [0.05, 0.1) is 17.7 Å². The molecule has 1 atom stereocenters. The standard InChI is InChI=1S/C18H22N2O2.ClH/c1-12(2)22-15-10-8-14(9-11-15)13(3)20-18(21)16-6-4-5-7-17(16)19;/h4-13H,19H2,1-3H3,(H,20,21);1H. The fourth-order valence-electron chi connectivity index (χ4n) is 2.17. The quantitative estimate of drug-likeness (QED) is 0.813. The number of carbonyl (C=O) groups is 1. The molecule has 1 amide bonds. The van der Waals surface area contributed by atoms with Gasteiger partial charge < -0.3 is 15.8 Å². The van der Waals surface area contributed by atoms with Gasteiger partial charge in [0.25, 0.3) is 5.91 Å². The molecule has 2 rings (SSSR count). The van der Waals surface area contributed by atoms with Crippen LogP contribution in [-0.4, -0.2) is 12.0 Å². The molecule has 0 aromatic heterocycles. The van der Waals surface area contributed by atoms with Gasteiger partial charge in [-0.05, 0) is 50.6 Å². The molecule has 124 valence electrons. The van der Waals surface area contributed by atoms with Crippen LogP contribution in [0.25, 0.3) is 0 Å². The molecule has 0 radical (unpaired) electrons. The summed E-state index contributed by atoms with van der Waals surface area (Å²) in [6.45, 7) is 5.91. The minimum atomic E-state index is -0.173. The number of hydrogen-bond donors (Lipinski definition) is 2. The van der Waals surface area contributed by atoms with Crippen LogP contribution in [0.3, 0.4) is 0 Å². The maximum Gasteiger partial charge on any atom is 0.253 e. The highest BCUT2D eigenvalue weighted by molar-refractivity contribution is 5.99. The predicted octanol–water partition coefficient (Wildman–Crippen LogP) is 3.97. The van der Waals surface area contributed by atoms with Gasteiger partial charge in [0, 0.05) is 5.69 Å². The summed E-state index contributed by atoms with van der Waals surface area (Å²) in [5, 5.41) is 2.95. The third kappa shape index (κ3) is 5.18. The van der Waals surface area contributed by atoms with E-state index in [1.54, 1.807) is 18.2 Å². The molecule has 0 saturated heterocycles. The van der Waals surface area contributed by atoms with E-state index in [0.29, 0.717) is 11.3 Å². The van der Waals surface area contributed by atoms with Gasteiger partial charge in [-0.25, -0.2) is 0 Å². The van der Waals surface area contributed by atoms with Crippen LogP contribution in [0.4, 0.5) is 5.69 Å². The lowest BCUT2D eigenvalue weighted by Gasteiger charge is -2.16. The van der Waals surface area contributed by atoms with Gasteiger partial charge in [-0.1, -0.05) is 24.3 Å². The lowest BCUT2D eigenvalue weighted by Crippen LogP contribution is -2.27. The van der Waals surface area contributed by atoms with Crippen LogP contribution in [0.5, 0.6) is 5.75 Å². The van der Waals surface area contributed by atoms with E-state index in [2.05, 4.69) is 5.32 Å². The number of anilines is 1. The molecule has 0 saturated carbocycles. The SMILES string of the molecule is CC(C)Oc1ccc(C(C)NC(=O)c2ccccc2N)cc1.Cl. The number of benzene rings is 2. The average Bonchev–Trinajstić information content (AvgIpc) is 2.47. The van der Waals surface area contributed by atoms with Crippen molar-refractivity contribution in [2.75, 3.05) is 5.73 Å². The van der Waals surface area contributed by atoms with Crippen LogP contribution in [0.2, 0.25) is 0 Å². The highest BCUT2D eigenvalue weighted by Crippen LogP contribution is 2.19. The Balaban J connectivity index is 0.00000264. The highest BCUT2D eigenvalue weighted by Gasteiger charge is 2.13. The van der Waals surface area contributed by atoms with Crippen LogP contribution in [0.15, 0.2) is 48.5 Å². The summed E-state index contributed by atoms with van der Waals surface area (Å²) in [6.07, 6.45) is 0.143. The van der Waals surface area contributed by atoms with Crippen molar-refractivity contribution in [3.8, 4) is 5.75 Å². The van der Waals surface area contributed by atoms with Gasteiger partial charge in [0.2, 0.25) is 0 Å². The maximum atomic E-state index is 12.2. The Labute approximate surface area is 143 Å². The largest absolute Gasteiger partial charge is 0.491 e. The van der Waals surface area contributed by atoms with Gasteiger partial charge in [0.1, 0.15) is 5.75 Å². The van der Waals surface area contributed by atoms with E-state index in [1.165, 1.54) is 0 Å². The molecular formula is C18H23ClN2O2. The van der Waals surface area contributed by atoms with Crippen molar-refractivity contribution in [2.45, 2.75) is 32.9 Å². The Morgan fingerprint density at radius 1 is 1.04 bits per heavy atom. The van der Waals surface area contributed by atoms with Crippen molar-refractivity contribution in [3.05, 3.63) is 59.7 Å². The molecule has 2 aromatic rings. The fraction of sp³-hybridized carbons (Fsp3) is 0.278. The number of para-hydroxylation sites is 1. The molecule has 0 spiro atoms. The molecule has 0 aliphatic rings. The second kappa shape index (κ2) is 8.44. The highest BCUT2D eigenvalue weighted by atomic mass is 35.5. The van der Waals surface area contributed by atoms with Crippen LogP contribution >= 0.6 is 12.4 Å². The number of nitrogen functional groups attached to an aromatic ring is 1. The summed E-state index contributed by atoms with van der Waals surface area (Å²) in [6, 6.07) is 14.7. The monoisotopic (exact) mass is 334 g/mol. The molecule has 0 fully saturated rings. The van der Waals surface area contributed by atoms with Gasteiger partial charge in [0.15, 0.2) is 0 Å². The zero-order valence-electron chi connectivity index (χ0n) is 13.6. The molecule has 23 heavy (non-hydrogen) atoms. The van der Waals surface area contributed by atoms with Crippen LogP contribution in [0, 0.1) is 0 Å². The third-order valence-corrected chi connectivity index (χ3v) is 3.30. The summed E-state index contributed by atoms with van der Waals surface area (Å²) < 4.78 is 5.61. The van der Waals surface area contributed by atoms with Gasteiger partial charge in [-0.3, -0.25) is 4.79 Å². The second-order valence-electron chi connectivity index (χ2n) is 5.52. The van der Waals surface area contributed by atoms with E-state index in [1.807, 2.05) is 51.1 Å². The molecule has 2 aromatic carbocycles. The first kappa shape index (κ1) is 18.8. The first-order valence-corrected chi connectivity index (χ1v) is 7.39. The maximum absolute atomic E-state index is 12.2. The number of halogens is 1. The zero-order valence-corrected chi connectivity index (χ0v) is 14.4. The van der Waals surface area contributed by atoms with Crippen molar-refractivity contribution in [1.29, 1.82) is 0 Å². The second-order valence-corrected chi connectivity index (χ2v) is 5.52. The number of nitrogens with two attached hydrogens (primary N) is 1. The lowest BCUT2D eigenvalue weighted by atomic mass is 10.1. The summed E-state index contributed by atoms with van der Waals surface area (Å²) in [4.78, 5) is 12.2. The Morgan fingerprint density at radius 2 is 1.65 bits per heavy atom. The third-order valence-electron chi connectivity index (χ3n) is 3.30. The topological polar surface area (TPSA) is 64.3 Å². The Hall–Kier alpha value is -2.20.